The number of hydrogen-bond donors (Lipinski definition) is 8. The van der Waals surface area contributed by atoms with Crippen molar-refractivity contribution in [3.05, 3.63) is 119 Å². The van der Waals surface area contributed by atoms with Crippen molar-refractivity contribution >= 4 is 52.6 Å². The largest absolute Gasteiger partial charge is 0.494 e. The highest BCUT2D eigenvalue weighted by atomic mass is 16.5. The Balaban J connectivity index is 0.741. The van der Waals surface area contributed by atoms with E-state index in [0.717, 1.165) is 30.6 Å². The smallest absolute Gasteiger partial charge is 0.255 e. The predicted molar refractivity (Wildman–Crippen MR) is 251 cm³/mol. The summed E-state index contributed by atoms with van der Waals surface area (Å²) in [6, 6.07) is 22.7. The molecule has 4 aromatic rings. The number of imide groups is 1. The van der Waals surface area contributed by atoms with E-state index in [9.17, 15) is 24.0 Å². The van der Waals surface area contributed by atoms with Crippen LogP contribution >= 0.6 is 0 Å². The second-order valence-corrected chi connectivity index (χ2v) is 16.7. The summed E-state index contributed by atoms with van der Waals surface area (Å²) in [4.78, 5) is 68.4. The highest BCUT2D eigenvalue weighted by Crippen LogP contribution is 2.32. The van der Waals surface area contributed by atoms with E-state index in [1.54, 1.807) is 54.9 Å². The molecule has 0 aliphatic carbocycles. The van der Waals surface area contributed by atoms with Crippen LogP contribution in [-0.2, 0) is 36.9 Å². The third-order valence-electron chi connectivity index (χ3n) is 11.9. The van der Waals surface area contributed by atoms with E-state index in [4.69, 9.17) is 25.0 Å². The first kappa shape index (κ1) is 47.9. The Hall–Kier alpha value is -7.02. The molecule has 0 bridgehead atoms. The standard InChI is InChI=1S/C49H58N10O8/c50-44(34-16-20-52-21-17-34)57-48(51)49(18-22-53-23-19-49)58-36-10-5-9-35(29-36)45(62)54-30-33-8-4-11-37(28-33)67-27-3-1-2-24-65-25-7-26-66-32-43(61)55-40-13-6-12-38-39(40)31-59(47(38)64)41-14-15-42(60)56-46(41)63/h4-6,8-13,16-17,20-21,28-29,41,53,58H,1-3,7,14-15,18-19,22-27,30-32H2,(H,54,62)(H,55,61)(H3,50,51,57)(H,56,60,63). The van der Waals surface area contributed by atoms with Gasteiger partial charge in [0.1, 0.15) is 30.1 Å². The van der Waals surface area contributed by atoms with Crippen LogP contribution in [0.3, 0.4) is 0 Å². The summed E-state index contributed by atoms with van der Waals surface area (Å²) in [6.45, 7) is 3.71. The van der Waals surface area contributed by atoms with Crippen LogP contribution in [0.1, 0.15) is 88.8 Å². The molecule has 0 saturated carbocycles. The summed E-state index contributed by atoms with van der Waals surface area (Å²) < 4.78 is 17.3. The lowest BCUT2D eigenvalue weighted by Crippen LogP contribution is -2.58. The van der Waals surface area contributed by atoms with Gasteiger partial charge in [-0.05, 0) is 118 Å². The van der Waals surface area contributed by atoms with Gasteiger partial charge in [-0.2, -0.15) is 0 Å². The van der Waals surface area contributed by atoms with Crippen molar-refractivity contribution < 1.29 is 38.2 Å². The van der Waals surface area contributed by atoms with E-state index in [-0.39, 0.29) is 61.3 Å². The van der Waals surface area contributed by atoms with Crippen molar-refractivity contribution in [2.45, 2.75) is 76.0 Å². The Morgan fingerprint density at radius 3 is 2.42 bits per heavy atom. The fourth-order valence-corrected chi connectivity index (χ4v) is 8.26. The molecule has 2 fully saturated rings. The second-order valence-electron chi connectivity index (χ2n) is 16.7. The number of nitrogens with zero attached hydrogens (tertiary/aromatic N) is 2. The number of unbranched alkanes of at least 4 members (excludes halogenated alkanes) is 2. The lowest BCUT2D eigenvalue weighted by molar-refractivity contribution is -0.137. The van der Waals surface area contributed by atoms with Gasteiger partial charge in [-0.25, -0.2) is 0 Å². The average molecular weight is 915 g/mol. The molecule has 1 unspecified atom stereocenters. The summed E-state index contributed by atoms with van der Waals surface area (Å²) in [5, 5.41) is 35.5. The van der Waals surface area contributed by atoms with Crippen LogP contribution in [0.4, 0.5) is 11.4 Å². The van der Waals surface area contributed by atoms with E-state index in [1.807, 2.05) is 36.4 Å². The van der Waals surface area contributed by atoms with Gasteiger partial charge in [0.25, 0.3) is 11.8 Å². The van der Waals surface area contributed by atoms with Gasteiger partial charge < -0.3 is 45.7 Å². The van der Waals surface area contributed by atoms with Gasteiger partial charge in [0.2, 0.25) is 17.7 Å². The molecule has 0 spiro atoms. The maximum absolute atomic E-state index is 13.3. The number of piperidine rings is 2. The maximum atomic E-state index is 13.3. The summed E-state index contributed by atoms with van der Waals surface area (Å²) in [5.74, 6) is -0.685. The number of rotatable bonds is 22. The van der Waals surface area contributed by atoms with Crippen molar-refractivity contribution in [1.82, 2.24) is 31.2 Å². The number of carbonyl (C=O) groups is 5. The van der Waals surface area contributed by atoms with Crippen LogP contribution in [0.2, 0.25) is 0 Å². The number of hydrogen-bond acceptors (Lipinski definition) is 13. The lowest BCUT2D eigenvalue weighted by atomic mass is 9.86. The molecule has 3 aliphatic rings. The van der Waals surface area contributed by atoms with E-state index in [0.29, 0.717) is 99.0 Å². The van der Waals surface area contributed by atoms with Crippen LogP contribution in [0.25, 0.3) is 0 Å². The number of nitrogens with one attached hydrogen (secondary N) is 8. The first-order valence-corrected chi connectivity index (χ1v) is 22.7. The molecule has 3 aliphatic heterocycles. The van der Waals surface area contributed by atoms with Gasteiger partial charge in [-0.3, -0.25) is 45.1 Å². The minimum absolute atomic E-state index is 0.122. The van der Waals surface area contributed by atoms with Gasteiger partial charge in [0.15, 0.2) is 0 Å². The van der Waals surface area contributed by atoms with Crippen LogP contribution < -0.4 is 36.6 Å². The zero-order chi connectivity index (χ0) is 47.0. The van der Waals surface area contributed by atoms with E-state index < -0.39 is 17.5 Å². The van der Waals surface area contributed by atoms with Crippen molar-refractivity contribution in [1.29, 1.82) is 10.8 Å². The zero-order valence-electron chi connectivity index (χ0n) is 37.4. The van der Waals surface area contributed by atoms with E-state index >= 15 is 0 Å². The molecule has 4 heterocycles. The zero-order valence-corrected chi connectivity index (χ0v) is 37.4. The normalized spacial score (nSPS) is 16.4. The molecule has 7 rings (SSSR count). The van der Waals surface area contributed by atoms with Crippen LogP contribution in [0.5, 0.6) is 5.75 Å². The van der Waals surface area contributed by atoms with Crippen LogP contribution in [0, 0.1) is 10.8 Å². The maximum Gasteiger partial charge on any atom is 0.255 e. The van der Waals surface area contributed by atoms with Crippen LogP contribution in [0.15, 0.2) is 91.3 Å². The molecule has 18 heteroatoms. The monoisotopic (exact) mass is 914 g/mol. The Morgan fingerprint density at radius 1 is 0.836 bits per heavy atom. The first-order valence-electron chi connectivity index (χ1n) is 22.7. The molecular weight excluding hydrogens is 857 g/mol. The number of aromatic nitrogens is 1. The number of pyridine rings is 1. The number of amides is 5. The Kier molecular flexibility index (Phi) is 16.8. The third kappa shape index (κ3) is 13.1. The van der Waals surface area contributed by atoms with Gasteiger partial charge >= 0.3 is 0 Å². The molecule has 0 radical (unpaired) electrons. The summed E-state index contributed by atoms with van der Waals surface area (Å²) in [6.07, 6.45) is 8.17. The summed E-state index contributed by atoms with van der Waals surface area (Å²) in [5.41, 5.74) is 3.53. The second kappa shape index (κ2) is 23.4. The van der Waals surface area contributed by atoms with Crippen molar-refractivity contribution in [2.75, 3.05) is 56.8 Å². The molecule has 1 atom stereocenters. The van der Waals surface area contributed by atoms with Crippen LogP contribution in [-0.4, -0.2) is 109 Å². The summed E-state index contributed by atoms with van der Waals surface area (Å²) in [7, 11) is 0. The summed E-state index contributed by atoms with van der Waals surface area (Å²) >= 11 is 0. The SMILES string of the molecule is N=C(NC(=N)C1(Nc2cccc(C(=O)NCc3cccc(OCCCCCOCCCOCC(=O)Nc4cccc5c4CN(C4CCC(=O)NC4=O)C5=O)c3)c2)CCNCC1)c1ccncc1. The fourth-order valence-electron chi connectivity index (χ4n) is 8.26. The highest BCUT2D eigenvalue weighted by molar-refractivity contribution is 6.10. The molecule has 5 amide bonds. The molecule has 8 N–H and O–H groups in total. The third-order valence-corrected chi connectivity index (χ3v) is 11.9. The molecule has 1 aromatic heterocycles. The first-order chi connectivity index (χ1) is 32.6. The van der Waals surface area contributed by atoms with E-state index in [2.05, 4.69) is 36.9 Å². The number of amidine groups is 2. The quantitative estimate of drug-likeness (QED) is 0.0235. The Morgan fingerprint density at radius 2 is 1.60 bits per heavy atom. The molecule has 352 valence electrons. The number of fused-ring (bicyclic) bond motifs is 1. The molecular formula is C49H58N10O8. The molecule has 2 saturated heterocycles. The van der Waals surface area contributed by atoms with Gasteiger partial charge in [-0.15, -0.1) is 0 Å². The van der Waals surface area contributed by atoms with Gasteiger partial charge in [0.05, 0.1) is 12.1 Å². The minimum Gasteiger partial charge on any atom is -0.494 e. The average Bonchev–Trinajstić information content (AvgIpc) is 3.67. The minimum atomic E-state index is -0.747. The van der Waals surface area contributed by atoms with E-state index in [1.165, 1.54) is 4.90 Å². The number of anilines is 2. The van der Waals surface area contributed by atoms with Crippen molar-refractivity contribution in [3.8, 4) is 5.75 Å². The van der Waals surface area contributed by atoms with Crippen molar-refractivity contribution in [3.63, 3.8) is 0 Å². The Labute approximate surface area is 389 Å². The number of benzene rings is 3. The lowest BCUT2D eigenvalue weighted by Gasteiger charge is -2.40. The molecule has 3 aromatic carbocycles. The number of ether oxygens (including phenoxy) is 3. The van der Waals surface area contributed by atoms with Gasteiger partial charge in [0, 0.05) is 85.4 Å². The van der Waals surface area contributed by atoms with Crippen molar-refractivity contribution in [2.24, 2.45) is 0 Å². The molecule has 67 heavy (non-hydrogen) atoms. The number of carbonyl (C=O) groups excluding carboxylic acids is 5. The predicted octanol–water partition coefficient (Wildman–Crippen LogP) is 4.51. The Bertz CT molecular complexity index is 2430. The molecule has 18 nitrogen and oxygen atoms in total. The van der Waals surface area contributed by atoms with Gasteiger partial charge in [-0.1, -0.05) is 24.3 Å². The highest BCUT2D eigenvalue weighted by Gasteiger charge is 2.40. The fraction of sp³-hybridized carbons (Fsp3) is 0.388. The topological polar surface area (TPSA) is 249 Å².